The fourth-order valence-electron chi connectivity index (χ4n) is 0.669. The molecule has 0 fully saturated rings. The van der Waals surface area contributed by atoms with E-state index in [0.29, 0.717) is 5.57 Å². The standard InChI is InChI=1S/C9H11F3/c1-4-5-8(6-7(2)3)9(10,11)12/h4-6H,2H2,1,3H3/b5-4-,8-6+. The van der Waals surface area contributed by atoms with Crippen LogP contribution in [0.2, 0.25) is 0 Å². The Morgan fingerprint density at radius 3 is 2.08 bits per heavy atom. The number of allylic oxidation sites excluding steroid dienone is 5. The van der Waals surface area contributed by atoms with Crippen molar-refractivity contribution in [2.75, 3.05) is 0 Å². The minimum absolute atomic E-state index is 0.389. The molecule has 0 unspecified atom stereocenters. The molecule has 0 aliphatic carbocycles. The summed E-state index contributed by atoms with van der Waals surface area (Å²) in [6, 6.07) is 0. The largest absolute Gasteiger partial charge is 0.416 e. The van der Waals surface area contributed by atoms with E-state index in [-0.39, 0.29) is 0 Å². The molecule has 0 atom stereocenters. The molecular formula is C9H11F3. The van der Waals surface area contributed by atoms with Crippen molar-refractivity contribution in [3.63, 3.8) is 0 Å². The summed E-state index contributed by atoms with van der Waals surface area (Å²) in [4.78, 5) is 0. The van der Waals surface area contributed by atoms with Crippen molar-refractivity contribution in [2.45, 2.75) is 20.0 Å². The zero-order chi connectivity index (χ0) is 9.78. The van der Waals surface area contributed by atoms with Gasteiger partial charge in [0.1, 0.15) is 0 Å². The maximum atomic E-state index is 12.1. The Balaban J connectivity index is 4.80. The van der Waals surface area contributed by atoms with Crippen molar-refractivity contribution in [3.05, 3.63) is 36.0 Å². The smallest absolute Gasteiger partial charge is 0.166 e. The summed E-state index contributed by atoms with van der Waals surface area (Å²) in [6.45, 7) is 6.44. The molecule has 0 nitrogen and oxygen atoms in total. The molecule has 0 aliphatic rings. The van der Waals surface area contributed by atoms with Gasteiger partial charge in [0.25, 0.3) is 0 Å². The Kier molecular flexibility index (Phi) is 3.80. The first-order valence-electron chi connectivity index (χ1n) is 3.45. The maximum Gasteiger partial charge on any atom is 0.416 e. The third-order valence-corrected chi connectivity index (χ3v) is 1.08. The molecule has 0 aromatic carbocycles. The fraction of sp³-hybridized carbons (Fsp3) is 0.333. The van der Waals surface area contributed by atoms with Gasteiger partial charge < -0.3 is 0 Å². The summed E-state index contributed by atoms with van der Waals surface area (Å²) in [7, 11) is 0. The molecule has 0 radical (unpaired) electrons. The van der Waals surface area contributed by atoms with E-state index >= 15 is 0 Å². The van der Waals surface area contributed by atoms with Crippen LogP contribution in [0.3, 0.4) is 0 Å². The van der Waals surface area contributed by atoms with Gasteiger partial charge in [0.2, 0.25) is 0 Å². The van der Waals surface area contributed by atoms with Crippen LogP contribution in [0.15, 0.2) is 36.0 Å². The second-order valence-corrected chi connectivity index (χ2v) is 2.44. The summed E-state index contributed by atoms with van der Waals surface area (Å²) in [5, 5.41) is 0. The number of halogens is 3. The lowest BCUT2D eigenvalue weighted by atomic mass is 10.1. The first kappa shape index (κ1) is 11.0. The normalized spacial score (nSPS) is 13.9. The Bertz CT molecular complexity index is 218. The van der Waals surface area contributed by atoms with Gasteiger partial charge >= 0.3 is 6.18 Å². The summed E-state index contributed by atoms with van der Waals surface area (Å²) in [5.74, 6) is 0. The van der Waals surface area contributed by atoms with Gasteiger partial charge in [-0.3, -0.25) is 0 Å². The Morgan fingerprint density at radius 1 is 1.33 bits per heavy atom. The average molecular weight is 176 g/mol. The lowest BCUT2D eigenvalue weighted by Crippen LogP contribution is -2.09. The molecule has 0 N–H and O–H groups in total. The van der Waals surface area contributed by atoms with E-state index in [1.54, 1.807) is 0 Å². The van der Waals surface area contributed by atoms with E-state index in [0.717, 1.165) is 12.2 Å². The van der Waals surface area contributed by atoms with E-state index in [1.165, 1.54) is 19.9 Å². The van der Waals surface area contributed by atoms with Crippen LogP contribution in [0.5, 0.6) is 0 Å². The molecule has 3 heteroatoms. The molecule has 0 bridgehead atoms. The van der Waals surface area contributed by atoms with Crippen molar-refractivity contribution in [1.82, 2.24) is 0 Å². The third kappa shape index (κ3) is 4.01. The molecule has 0 saturated heterocycles. The van der Waals surface area contributed by atoms with Crippen LogP contribution in [0.25, 0.3) is 0 Å². The highest BCUT2D eigenvalue weighted by Crippen LogP contribution is 2.27. The van der Waals surface area contributed by atoms with Gasteiger partial charge in [-0.25, -0.2) is 0 Å². The molecule has 12 heavy (non-hydrogen) atoms. The fourth-order valence-corrected chi connectivity index (χ4v) is 0.669. The van der Waals surface area contributed by atoms with Crippen LogP contribution < -0.4 is 0 Å². The van der Waals surface area contributed by atoms with Crippen molar-refractivity contribution < 1.29 is 13.2 Å². The number of alkyl halides is 3. The SMILES string of the molecule is C=C(C)/C=C(\C=C/C)C(F)(F)F. The van der Waals surface area contributed by atoms with Crippen molar-refractivity contribution in [1.29, 1.82) is 0 Å². The van der Waals surface area contributed by atoms with Gasteiger partial charge in [0.15, 0.2) is 0 Å². The summed E-state index contributed by atoms with van der Waals surface area (Å²) in [5.41, 5.74) is -0.280. The molecule has 0 saturated carbocycles. The first-order valence-corrected chi connectivity index (χ1v) is 3.45. The Labute approximate surface area is 70.1 Å². The monoisotopic (exact) mass is 176 g/mol. The Hall–Kier alpha value is -0.990. The van der Waals surface area contributed by atoms with Crippen LogP contribution in [0, 0.1) is 0 Å². The van der Waals surface area contributed by atoms with E-state index in [4.69, 9.17) is 0 Å². The minimum Gasteiger partial charge on any atom is -0.166 e. The van der Waals surface area contributed by atoms with Crippen molar-refractivity contribution >= 4 is 0 Å². The molecule has 0 aliphatic heterocycles. The lowest BCUT2D eigenvalue weighted by molar-refractivity contribution is -0.0882. The van der Waals surface area contributed by atoms with Gasteiger partial charge in [0.05, 0.1) is 5.57 Å². The predicted octanol–water partition coefficient (Wildman–Crippen LogP) is 3.63. The molecule has 0 heterocycles. The topological polar surface area (TPSA) is 0 Å². The average Bonchev–Trinajstić information content (AvgIpc) is 1.83. The molecule has 0 rings (SSSR count). The molecule has 0 spiro atoms. The molecule has 0 amide bonds. The molecular weight excluding hydrogens is 165 g/mol. The first-order chi connectivity index (χ1) is 5.38. The number of hydrogen-bond donors (Lipinski definition) is 0. The lowest BCUT2D eigenvalue weighted by Gasteiger charge is -2.06. The zero-order valence-corrected chi connectivity index (χ0v) is 7.07. The molecule has 0 aromatic heterocycles. The second kappa shape index (κ2) is 4.14. The molecule has 0 aromatic rings. The predicted molar refractivity (Wildman–Crippen MR) is 43.8 cm³/mol. The summed E-state index contributed by atoms with van der Waals surface area (Å²) in [6.07, 6.45) is -0.900. The van der Waals surface area contributed by atoms with E-state index in [1.807, 2.05) is 0 Å². The highest BCUT2D eigenvalue weighted by atomic mass is 19.4. The number of rotatable bonds is 2. The third-order valence-electron chi connectivity index (χ3n) is 1.08. The van der Waals surface area contributed by atoms with Gasteiger partial charge in [0, 0.05) is 0 Å². The zero-order valence-electron chi connectivity index (χ0n) is 7.07. The van der Waals surface area contributed by atoms with Crippen LogP contribution in [0.1, 0.15) is 13.8 Å². The minimum atomic E-state index is -4.29. The quantitative estimate of drug-likeness (QED) is 0.563. The van der Waals surface area contributed by atoms with Crippen LogP contribution in [0.4, 0.5) is 13.2 Å². The number of hydrogen-bond acceptors (Lipinski definition) is 0. The summed E-state index contributed by atoms with van der Waals surface area (Å²) >= 11 is 0. The van der Waals surface area contributed by atoms with Crippen molar-refractivity contribution in [2.24, 2.45) is 0 Å². The van der Waals surface area contributed by atoms with Crippen LogP contribution in [-0.2, 0) is 0 Å². The highest BCUT2D eigenvalue weighted by Gasteiger charge is 2.31. The van der Waals surface area contributed by atoms with Crippen LogP contribution in [-0.4, -0.2) is 6.18 Å². The van der Waals surface area contributed by atoms with Gasteiger partial charge in [-0.05, 0) is 19.9 Å². The Morgan fingerprint density at radius 2 is 1.83 bits per heavy atom. The highest BCUT2D eigenvalue weighted by molar-refractivity contribution is 5.30. The maximum absolute atomic E-state index is 12.1. The second-order valence-electron chi connectivity index (χ2n) is 2.44. The van der Waals surface area contributed by atoms with Gasteiger partial charge in [-0.1, -0.05) is 24.3 Å². The van der Waals surface area contributed by atoms with E-state index in [9.17, 15) is 13.2 Å². The van der Waals surface area contributed by atoms with E-state index in [2.05, 4.69) is 6.58 Å². The van der Waals surface area contributed by atoms with Gasteiger partial charge in [-0.15, -0.1) is 0 Å². The van der Waals surface area contributed by atoms with Crippen molar-refractivity contribution in [3.8, 4) is 0 Å². The van der Waals surface area contributed by atoms with Gasteiger partial charge in [-0.2, -0.15) is 13.2 Å². The van der Waals surface area contributed by atoms with Crippen LogP contribution >= 0.6 is 0 Å². The van der Waals surface area contributed by atoms with E-state index < -0.39 is 11.7 Å². The summed E-state index contributed by atoms with van der Waals surface area (Å²) < 4.78 is 36.3. The molecule has 68 valence electrons.